The van der Waals surface area contributed by atoms with Gasteiger partial charge in [0, 0.05) is 17.3 Å². The monoisotopic (exact) mass is 457 g/mol. The number of alkyl halides is 6. The average molecular weight is 457 g/mol. The number of halogens is 6. The van der Waals surface area contributed by atoms with Crippen molar-refractivity contribution in [3.05, 3.63) is 77.0 Å². The van der Waals surface area contributed by atoms with Crippen molar-refractivity contribution in [2.45, 2.75) is 25.8 Å². The summed E-state index contributed by atoms with van der Waals surface area (Å²) in [7, 11) is 0. The van der Waals surface area contributed by atoms with Crippen LogP contribution in [0.15, 0.2) is 54.6 Å². The molecule has 32 heavy (non-hydrogen) atoms. The Morgan fingerprint density at radius 1 is 1.03 bits per heavy atom. The molecule has 1 N–H and O–H groups in total. The summed E-state index contributed by atoms with van der Waals surface area (Å²) in [6, 6.07) is 11.6. The first-order chi connectivity index (χ1) is 14.9. The predicted octanol–water partition coefficient (Wildman–Crippen LogP) is 5.45. The predicted molar refractivity (Wildman–Crippen MR) is 103 cm³/mol. The van der Waals surface area contributed by atoms with Gasteiger partial charge in [-0.15, -0.1) is 0 Å². The summed E-state index contributed by atoms with van der Waals surface area (Å²) in [5.74, 6) is -0.617. The number of amides is 1. The lowest BCUT2D eigenvalue weighted by atomic mass is 10.1. The van der Waals surface area contributed by atoms with Gasteiger partial charge >= 0.3 is 12.4 Å². The molecule has 0 spiro atoms. The maximum atomic E-state index is 12.9. The van der Waals surface area contributed by atoms with E-state index in [-0.39, 0.29) is 23.7 Å². The molecule has 170 valence electrons. The fourth-order valence-corrected chi connectivity index (χ4v) is 2.83. The highest BCUT2D eigenvalue weighted by Crippen LogP contribution is 2.29. The highest BCUT2D eigenvalue weighted by molar-refractivity contribution is 6.04. The highest BCUT2D eigenvalue weighted by Gasteiger charge is 2.30. The molecule has 0 saturated carbocycles. The Labute approximate surface area is 178 Å². The molecule has 2 aromatic carbocycles. The van der Waals surface area contributed by atoms with Gasteiger partial charge in [0.25, 0.3) is 5.91 Å². The van der Waals surface area contributed by atoms with Gasteiger partial charge in [-0.25, -0.2) is 0 Å². The molecule has 1 aromatic heterocycles. The second-order valence-corrected chi connectivity index (χ2v) is 6.91. The number of ether oxygens (including phenoxy) is 1. The van der Waals surface area contributed by atoms with E-state index in [1.54, 1.807) is 6.92 Å². The highest BCUT2D eigenvalue weighted by atomic mass is 19.4. The first kappa shape index (κ1) is 23.2. The van der Waals surface area contributed by atoms with Crippen molar-refractivity contribution in [3.63, 3.8) is 0 Å². The number of carbonyl (C=O) groups excluding carboxylic acids is 1. The molecule has 0 atom stereocenters. The minimum Gasteiger partial charge on any atom is -0.484 e. The van der Waals surface area contributed by atoms with Crippen molar-refractivity contribution in [2.75, 3.05) is 11.9 Å². The van der Waals surface area contributed by atoms with Crippen molar-refractivity contribution in [3.8, 4) is 5.75 Å². The number of anilines is 1. The van der Waals surface area contributed by atoms with Gasteiger partial charge in [0.2, 0.25) is 0 Å². The van der Waals surface area contributed by atoms with Crippen LogP contribution in [-0.2, 0) is 12.7 Å². The number of rotatable bonds is 6. The molecule has 0 saturated heterocycles. The van der Waals surface area contributed by atoms with Crippen LogP contribution in [0.5, 0.6) is 5.75 Å². The molecule has 0 bridgehead atoms. The van der Waals surface area contributed by atoms with E-state index in [1.807, 2.05) is 0 Å². The lowest BCUT2D eigenvalue weighted by Gasteiger charge is -2.10. The molecule has 0 radical (unpaired) electrons. The van der Waals surface area contributed by atoms with Crippen LogP contribution in [0.3, 0.4) is 0 Å². The van der Waals surface area contributed by atoms with Crippen LogP contribution in [0.25, 0.3) is 0 Å². The zero-order valence-electron chi connectivity index (χ0n) is 16.6. The number of nitrogens with one attached hydrogen (secondary N) is 1. The number of aryl methyl sites for hydroxylation is 1. The molecule has 3 aromatic rings. The fourth-order valence-electron chi connectivity index (χ4n) is 2.83. The zero-order valence-corrected chi connectivity index (χ0v) is 16.6. The number of aromatic nitrogens is 2. The Bertz CT molecular complexity index is 1110. The Morgan fingerprint density at radius 3 is 2.44 bits per heavy atom. The van der Waals surface area contributed by atoms with E-state index in [4.69, 9.17) is 0 Å². The molecule has 0 aliphatic rings. The maximum absolute atomic E-state index is 12.9. The normalized spacial score (nSPS) is 12.0. The minimum atomic E-state index is -4.51. The smallest absolute Gasteiger partial charge is 0.422 e. The van der Waals surface area contributed by atoms with Gasteiger partial charge in [-0.1, -0.05) is 18.2 Å². The van der Waals surface area contributed by atoms with E-state index < -0.39 is 30.4 Å². The summed E-state index contributed by atoms with van der Waals surface area (Å²) in [5.41, 5.74) is 0.231. The second-order valence-electron chi connectivity index (χ2n) is 6.91. The van der Waals surface area contributed by atoms with Crippen molar-refractivity contribution in [1.82, 2.24) is 9.78 Å². The van der Waals surface area contributed by atoms with Crippen LogP contribution in [-0.4, -0.2) is 28.5 Å². The van der Waals surface area contributed by atoms with E-state index in [9.17, 15) is 31.1 Å². The van der Waals surface area contributed by atoms with Gasteiger partial charge in [0.15, 0.2) is 12.4 Å². The SMILES string of the molecule is Cc1cc(NC(=O)c2cccc(OCC(F)(F)F)c2)nn1Cc1cccc(C(F)(F)F)c1. The summed E-state index contributed by atoms with van der Waals surface area (Å²) in [4.78, 5) is 12.4. The fraction of sp³-hybridized carbons (Fsp3) is 0.238. The van der Waals surface area contributed by atoms with Gasteiger partial charge in [-0.3, -0.25) is 9.48 Å². The molecule has 0 aliphatic heterocycles. The molecular formula is C21H17F6N3O2. The third kappa shape index (κ3) is 6.25. The topological polar surface area (TPSA) is 56.1 Å². The summed E-state index contributed by atoms with van der Waals surface area (Å²) < 4.78 is 81.6. The minimum absolute atomic E-state index is 0.0480. The summed E-state index contributed by atoms with van der Waals surface area (Å²) >= 11 is 0. The molecule has 3 rings (SSSR count). The molecule has 11 heteroatoms. The van der Waals surface area contributed by atoms with Gasteiger partial charge in [0.05, 0.1) is 12.1 Å². The number of carbonyl (C=O) groups is 1. The van der Waals surface area contributed by atoms with Gasteiger partial charge < -0.3 is 10.1 Å². The molecular weight excluding hydrogens is 440 g/mol. The van der Waals surface area contributed by atoms with Gasteiger partial charge in [0.1, 0.15) is 5.75 Å². The molecule has 5 nitrogen and oxygen atoms in total. The van der Waals surface area contributed by atoms with E-state index in [2.05, 4.69) is 15.2 Å². The van der Waals surface area contributed by atoms with Crippen LogP contribution in [0.1, 0.15) is 27.2 Å². The van der Waals surface area contributed by atoms with Crippen LogP contribution in [0.4, 0.5) is 32.2 Å². The van der Waals surface area contributed by atoms with Crippen molar-refractivity contribution in [1.29, 1.82) is 0 Å². The summed E-state index contributed by atoms with van der Waals surface area (Å²) in [6.45, 7) is 0.228. The second kappa shape index (κ2) is 8.93. The van der Waals surface area contributed by atoms with Gasteiger partial charge in [-0.2, -0.15) is 31.4 Å². The average Bonchev–Trinajstić information content (AvgIpc) is 3.04. The number of nitrogens with zero attached hydrogens (tertiary/aromatic N) is 2. The van der Waals surface area contributed by atoms with Crippen molar-refractivity contribution in [2.24, 2.45) is 0 Å². The quantitative estimate of drug-likeness (QED) is 0.501. The van der Waals surface area contributed by atoms with E-state index >= 15 is 0 Å². The Morgan fingerprint density at radius 2 is 1.75 bits per heavy atom. The lowest BCUT2D eigenvalue weighted by Crippen LogP contribution is -2.19. The largest absolute Gasteiger partial charge is 0.484 e. The number of hydrogen-bond donors (Lipinski definition) is 1. The third-order valence-electron chi connectivity index (χ3n) is 4.31. The Balaban J connectivity index is 1.70. The number of benzene rings is 2. The Kier molecular flexibility index (Phi) is 6.47. The van der Waals surface area contributed by atoms with Crippen LogP contribution in [0, 0.1) is 6.92 Å². The summed E-state index contributed by atoms with van der Waals surface area (Å²) in [5, 5.41) is 6.69. The van der Waals surface area contributed by atoms with E-state index in [0.717, 1.165) is 18.2 Å². The first-order valence-corrected chi connectivity index (χ1v) is 9.22. The number of hydrogen-bond acceptors (Lipinski definition) is 3. The standard InChI is InChI=1S/C21H17F6N3O2/c1-13-8-18(29-30(13)11-14-4-2-6-16(9-14)21(25,26)27)28-19(31)15-5-3-7-17(10-15)32-12-20(22,23)24/h2-10H,11-12H2,1H3,(H,28,29,31). The molecule has 1 heterocycles. The van der Waals surface area contributed by atoms with Crippen molar-refractivity contribution < 1.29 is 35.9 Å². The maximum Gasteiger partial charge on any atom is 0.422 e. The molecule has 0 unspecified atom stereocenters. The first-order valence-electron chi connectivity index (χ1n) is 9.22. The van der Waals surface area contributed by atoms with Crippen LogP contribution < -0.4 is 10.1 Å². The lowest BCUT2D eigenvalue weighted by molar-refractivity contribution is -0.153. The Hall–Kier alpha value is -3.50. The van der Waals surface area contributed by atoms with Crippen LogP contribution >= 0.6 is 0 Å². The van der Waals surface area contributed by atoms with E-state index in [1.165, 1.54) is 41.1 Å². The van der Waals surface area contributed by atoms with Crippen molar-refractivity contribution >= 4 is 11.7 Å². The molecule has 1 amide bonds. The van der Waals surface area contributed by atoms with Gasteiger partial charge in [-0.05, 0) is 42.8 Å². The summed E-state index contributed by atoms with van der Waals surface area (Å²) in [6.07, 6.45) is -8.98. The van der Waals surface area contributed by atoms with E-state index in [0.29, 0.717) is 11.3 Å². The molecule has 0 fully saturated rings. The third-order valence-corrected chi connectivity index (χ3v) is 4.31. The van der Waals surface area contributed by atoms with Crippen LogP contribution in [0.2, 0.25) is 0 Å². The molecule has 0 aliphatic carbocycles. The zero-order chi connectivity index (χ0) is 23.5.